The highest BCUT2D eigenvalue weighted by Crippen LogP contribution is 2.37. The van der Waals surface area contributed by atoms with Crippen molar-refractivity contribution in [1.29, 1.82) is 0 Å². The summed E-state index contributed by atoms with van der Waals surface area (Å²) in [5, 5.41) is 0. The van der Waals surface area contributed by atoms with Crippen LogP contribution in [0.15, 0.2) is 12.2 Å². The zero-order valence-electron chi connectivity index (χ0n) is 9.15. The van der Waals surface area contributed by atoms with Gasteiger partial charge >= 0.3 is 0 Å². The maximum Gasteiger partial charge on any atom is 0.0514 e. The van der Waals surface area contributed by atoms with Gasteiger partial charge in [-0.05, 0) is 11.6 Å². The smallest absolute Gasteiger partial charge is 0.0514 e. The van der Waals surface area contributed by atoms with E-state index in [-0.39, 0.29) is 0 Å². The molecule has 0 aromatic carbocycles. The van der Waals surface area contributed by atoms with Gasteiger partial charge in [0.15, 0.2) is 0 Å². The van der Waals surface area contributed by atoms with Crippen LogP contribution in [0.2, 0.25) is 50.4 Å². The van der Waals surface area contributed by atoms with Gasteiger partial charge in [-0.25, -0.2) is 0 Å². The van der Waals surface area contributed by atoms with E-state index in [2.05, 4.69) is 44.9 Å². The fourth-order valence-electron chi connectivity index (χ4n) is 1.89. The van der Waals surface area contributed by atoms with Gasteiger partial charge in [-0.1, -0.05) is 50.9 Å². The zero-order chi connectivity index (χ0) is 9.41. The molecule has 0 saturated carbocycles. The molecule has 0 aliphatic carbocycles. The minimum absolute atomic E-state index is 0.815. The number of rotatable bonds is 1. The number of allylic oxidation sites excluding steroid dienone is 2. The van der Waals surface area contributed by atoms with E-state index < -0.39 is 16.1 Å². The van der Waals surface area contributed by atoms with Gasteiger partial charge in [0, 0.05) is 0 Å². The van der Waals surface area contributed by atoms with Gasteiger partial charge in [-0.2, -0.15) is 0 Å². The molecule has 0 aromatic rings. The van der Waals surface area contributed by atoms with Crippen molar-refractivity contribution >= 4 is 16.1 Å². The molecule has 1 heterocycles. The van der Waals surface area contributed by atoms with E-state index in [9.17, 15) is 0 Å². The molecule has 0 bridgehead atoms. The van der Waals surface area contributed by atoms with E-state index in [1.54, 1.807) is 6.04 Å². The van der Waals surface area contributed by atoms with Crippen LogP contribution in [0.4, 0.5) is 0 Å². The molecule has 1 rings (SSSR count). The summed E-state index contributed by atoms with van der Waals surface area (Å²) in [5.74, 6) is 0. The Hall–Kier alpha value is 0.174. The predicted molar refractivity (Wildman–Crippen MR) is 63.3 cm³/mol. The van der Waals surface area contributed by atoms with Crippen molar-refractivity contribution in [2.24, 2.45) is 0 Å². The molecule has 1 atom stereocenters. The SMILES string of the molecule is C[Si]1(C)CC=CC([Si](C)(C)C)C1. The molecule has 0 radical (unpaired) electrons. The second-order valence-corrected chi connectivity index (χ2v) is 16.6. The zero-order valence-corrected chi connectivity index (χ0v) is 11.1. The second kappa shape index (κ2) is 3.15. The molecule has 0 fully saturated rings. The first-order chi connectivity index (χ1) is 5.31. The average molecular weight is 198 g/mol. The van der Waals surface area contributed by atoms with Gasteiger partial charge in [-0.3, -0.25) is 0 Å². The van der Waals surface area contributed by atoms with E-state index in [0.29, 0.717) is 0 Å². The van der Waals surface area contributed by atoms with Crippen LogP contribution >= 0.6 is 0 Å². The lowest BCUT2D eigenvalue weighted by Crippen LogP contribution is -2.37. The molecule has 1 aliphatic heterocycles. The van der Waals surface area contributed by atoms with Gasteiger partial charge in [-0.15, -0.1) is 0 Å². The van der Waals surface area contributed by atoms with Gasteiger partial charge in [0.1, 0.15) is 0 Å². The van der Waals surface area contributed by atoms with E-state index in [1.807, 2.05) is 0 Å². The molecule has 0 spiro atoms. The highest BCUT2D eigenvalue weighted by atomic mass is 28.3. The summed E-state index contributed by atoms with van der Waals surface area (Å²) in [7, 11) is -1.71. The average Bonchev–Trinajstić information content (AvgIpc) is 1.83. The summed E-state index contributed by atoms with van der Waals surface area (Å²) < 4.78 is 0. The normalized spacial score (nSPS) is 28.9. The number of hydrogen-bond donors (Lipinski definition) is 0. The third-order valence-corrected chi connectivity index (χ3v) is 8.84. The van der Waals surface area contributed by atoms with Crippen LogP contribution in [0, 0.1) is 0 Å². The Morgan fingerprint density at radius 3 is 2.17 bits per heavy atom. The fourth-order valence-corrected chi connectivity index (χ4v) is 8.98. The monoisotopic (exact) mass is 198 g/mol. The Morgan fingerprint density at radius 2 is 1.83 bits per heavy atom. The van der Waals surface area contributed by atoms with Crippen molar-refractivity contribution in [3.63, 3.8) is 0 Å². The van der Waals surface area contributed by atoms with Crippen molar-refractivity contribution in [2.45, 2.75) is 50.4 Å². The summed E-state index contributed by atoms with van der Waals surface area (Å²) in [5.41, 5.74) is 0.966. The van der Waals surface area contributed by atoms with Gasteiger partial charge < -0.3 is 0 Å². The minimum Gasteiger partial charge on any atom is -0.0912 e. The van der Waals surface area contributed by atoms with E-state index in [0.717, 1.165) is 5.54 Å². The van der Waals surface area contributed by atoms with Crippen molar-refractivity contribution in [1.82, 2.24) is 0 Å². The van der Waals surface area contributed by atoms with Crippen LogP contribution < -0.4 is 0 Å². The summed E-state index contributed by atoms with van der Waals surface area (Å²) in [6.45, 7) is 12.6. The largest absolute Gasteiger partial charge is 0.0912 e. The van der Waals surface area contributed by atoms with Crippen LogP contribution in [0.3, 0.4) is 0 Å². The molecule has 12 heavy (non-hydrogen) atoms. The number of hydrogen-bond acceptors (Lipinski definition) is 0. The Balaban J connectivity index is 2.71. The molecule has 70 valence electrons. The Morgan fingerprint density at radius 1 is 1.25 bits per heavy atom. The molecule has 1 aliphatic rings. The van der Waals surface area contributed by atoms with Gasteiger partial charge in [0.25, 0.3) is 0 Å². The van der Waals surface area contributed by atoms with Crippen LogP contribution in [0.25, 0.3) is 0 Å². The summed E-state index contributed by atoms with van der Waals surface area (Å²) >= 11 is 0. The van der Waals surface area contributed by atoms with Crippen LogP contribution in [0.1, 0.15) is 0 Å². The molecule has 0 N–H and O–H groups in total. The van der Waals surface area contributed by atoms with E-state index in [4.69, 9.17) is 0 Å². The Labute approximate surface area is 79.1 Å². The highest BCUT2D eigenvalue weighted by molar-refractivity contribution is 6.84. The quantitative estimate of drug-likeness (QED) is 0.442. The molecular formula is C10H22Si2. The summed E-state index contributed by atoms with van der Waals surface area (Å²) in [6, 6.07) is 2.95. The van der Waals surface area contributed by atoms with E-state index in [1.165, 1.54) is 6.04 Å². The molecular weight excluding hydrogens is 176 g/mol. The third kappa shape index (κ3) is 2.59. The van der Waals surface area contributed by atoms with Crippen molar-refractivity contribution in [2.75, 3.05) is 0 Å². The van der Waals surface area contributed by atoms with Crippen molar-refractivity contribution in [3.8, 4) is 0 Å². The Kier molecular flexibility index (Phi) is 2.69. The first kappa shape index (κ1) is 10.3. The third-order valence-electron chi connectivity index (χ3n) is 2.92. The van der Waals surface area contributed by atoms with E-state index >= 15 is 0 Å². The summed E-state index contributed by atoms with van der Waals surface area (Å²) in [4.78, 5) is 0. The standard InChI is InChI=1S/C10H22Si2/c1-11(2,3)10-7-6-8-12(4,5)9-10/h6-7,10H,8-9H2,1-5H3. The maximum absolute atomic E-state index is 2.53. The first-order valence-corrected chi connectivity index (χ1v) is 12.0. The molecule has 2 heteroatoms. The minimum atomic E-state index is -0.897. The van der Waals surface area contributed by atoms with Crippen LogP contribution in [0.5, 0.6) is 0 Å². The molecule has 0 nitrogen and oxygen atoms in total. The molecule has 0 amide bonds. The van der Waals surface area contributed by atoms with Crippen molar-refractivity contribution < 1.29 is 0 Å². The van der Waals surface area contributed by atoms with Gasteiger partial charge in [0.05, 0.1) is 16.1 Å². The lowest BCUT2D eigenvalue weighted by molar-refractivity contribution is 1.04. The molecule has 1 unspecified atom stereocenters. The lowest BCUT2D eigenvalue weighted by atomic mass is 10.4. The predicted octanol–water partition coefficient (Wildman–Crippen LogP) is 3.97. The molecule has 0 aromatic heterocycles. The van der Waals surface area contributed by atoms with Crippen LogP contribution in [-0.4, -0.2) is 16.1 Å². The fraction of sp³-hybridized carbons (Fsp3) is 0.800. The van der Waals surface area contributed by atoms with Crippen molar-refractivity contribution in [3.05, 3.63) is 12.2 Å². The van der Waals surface area contributed by atoms with Crippen LogP contribution in [-0.2, 0) is 0 Å². The molecule has 0 saturated heterocycles. The topological polar surface area (TPSA) is 0 Å². The second-order valence-electron chi connectivity index (χ2n) is 5.97. The van der Waals surface area contributed by atoms with Gasteiger partial charge in [0.2, 0.25) is 0 Å². The Bertz CT molecular complexity index is 187. The summed E-state index contributed by atoms with van der Waals surface area (Å²) in [6.07, 6.45) is 4.96. The highest BCUT2D eigenvalue weighted by Gasteiger charge is 2.33. The first-order valence-electron chi connectivity index (χ1n) is 4.98. The lowest BCUT2D eigenvalue weighted by Gasteiger charge is -2.36. The maximum atomic E-state index is 2.53.